The minimum atomic E-state index is 0.00375. The van der Waals surface area contributed by atoms with E-state index in [2.05, 4.69) is 59.3 Å². The zero-order valence-electron chi connectivity index (χ0n) is 18.3. The molecule has 30 heavy (non-hydrogen) atoms. The third-order valence-electron chi connectivity index (χ3n) is 5.84. The van der Waals surface area contributed by atoms with E-state index in [4.69, 9.17) is 4.74 Å². The first-order valence-electron chi connectivity index (χ1n) is 11.1. The Kier molecular flexibility index (Phi) is 8.87. The van der Waals surface area contributed by atoms with Crippen molar-refractivity contribution in [3.05, 3.63) is 71.3 Å². The Balaban J connectivity index is 1.60. The van der Waals surface area contributed by atoms with Gasteiger partial charge in [0.05, 0.1) is 13.2 Å². The first-order valence-corrected chi connectivity index (χ1v) is 11.1. The van der Waals surface area contributed by atoms with Gasteiger partial charge in [0.2, 0.25) is 0 Å². The molecule has 0 saturated carbocycles. The monoisotopic (exact) mass is 409 g/mol. The van der Waals surface area contributed by atoms with Gasteiger partial charge in [-0.05, 0) is 42.8 Å². The summed E-state index contributed by atoms with van der Waals surface area (Å²) in [5.41, 5.74) is 3.21. The highest BCUT2D eigenvalue weighted by molar-refractivity contribution is 5.94. The van der Waals surface area contributed by atoms with Gasteiger partial charge in [-0.15, -0.1) is 0 Å². The van der Waals surface area contributed by atoms with Crippen molar-refractivity contribution in [1.29, 1.82) is 0 Å². The summed E-state index contributed by atoms with van der Waals surface area (Å²) in [6.07, 6.45) is 0.930. The molecule has 3 rings (SSSR count). The molecule has 5 heteroatoms. The van der Waals surface area contributed by atoms with Crippen LogP contribution in [0.1, 0.15) is 35.3 Å². The van der Waals surface area contributed by atoms with Crippen molar-refractivity contribution in [3.8, 4) is 0 Å². The lowest BCUT2D eigenvalue weighted by Gasteiger charge is -2.30. The number of nitrogens with zero attached hydrogens (tertiary/aromatic N) is 2. The molecule has 0 bridgehead atoms. The van der Waals surface area contributed by atoms with Crippen LogP contribution in [0.2, 0.25) is 0 Å². The second-order valence-corrected chi connectivity index (χ2v) is 7.86. The van der Waals surface area contributed by atoms with Crippen LogP contribution in [-0.2, 0) is 17.7 Å². The van der Waals surface area contributed by atoms with Crippen LogP contribution in [0.25, 0.3) is 0 Å². The quantitative estimate of drug-likeness (QED) is 0.655. The van der Waals surface area contributed by atoms with Gasteiger partial charge in [-0.3, -0.25) is 14.6 Å². The molecule has 1 fully saturated rings. The first-order chi connectivity index (χ1) is 14.7. The molecule has 1 amide bonds. The van der Waals surface area contributed by atoms with Gasteiger partial charge in [0, 0.05) is 37.8 Å². The van der Waals surface area contributed by atoms with Crippen molar-refractivity contribution in [2.45, 2.75) is 32.9 Å². The highest BCUT2D eigenvalue weighted by Gasteiger charge is 2.18. The molecule has 5 nitrogen and oxygen atoms in total. The van der Waals surface area contributed by atoms with Crippen molar-refractivity contribution in [3.63, 3.8) is 0 Å². The number of amides is 1. The van der Waals surface area contributed by atoms with Gasteiger partial charge in [0.25, 0.3) is 5.91 Å². The summed E-state index contributed by atoms with van der Waals surface area (Å²) < 4.78 is 5.42. The van der Waals surface area contributed by atoms with E-state index in [9.17, 15) is 4.79 Å². The molecule has 0 spiro atoms. The molecular formula is C25H35N3O2. The fourth-order valence-corrected chi connectivity index (χ4v) is 4.10. The fourth-order valence-electron chi connectivity index (χ4n) is 4.10. The van der Waals surface area contributed by atoms with Crippen molar-refractivity contribution in [2.75, 3.05) is 45.9 Å². The van der Waals surface area contributed by atoms with Gasteiger partial charge in [0.15, 0.2) is 0 Å². The second-order valence-electron chi connectivity index (χ2n) is 7.86. The van der Waals surface area contributed by atoms with Gasteiger partial charge in [0.1, 0.15) is 0 Å². The smallest absolute Gasteiger partial charge is 0.251 e. The Morgan fingerprint density at radius 1 is 1.03 bits per heavy atom. The number of hydrogen-bond acceptors (Lipinski definition) is 4. The number of hydrogen-bond donors (Lipinski definition) is 1. The van der Waals surface area contributed by atoms with Crippen molar-refractivity contribution in [1.82, 2.24) is 15.1 Å². The lowest BCUT2D eigenvalue weighted by atomic mass is 10.0. The molecule has 0 aromatic heterocycles. The Labute approximate surface area is 181 Å². The number of morpholine rings is 1. The lowest BCUT2D eigenvalue weighted by Crippen LogP contribution is -2.45. The van der Waals surface area contributed by atoms with E-state index in [-0.39, 0.29) is 11.9 Å². The van der Waals surface area contributed by atoms with Crippen molar-refractivity contribution < 1.29 is 9.53 Å². The third-order valence-corrected chi connectivity index (χ3v) is 5.84. The van der Waals surface area contributed by atoms with Crippen LogP contribution < -0.4 is 5.32 Å². The molecule has 2 aromatic rings. The van der Waals surface area contributed by atoms with E-state index in [1.807, 2.05) is 24.3 Å². The molecule has 1 heterocycles. The zero-order chi connectivity index (χ0) is 21.2. The number of carbonyl (C=O) groups excluding carboxylic acids is 1. The number of benzene rings is 2. The molecule has 1 aliphatic heterocycles. The maximum atomic E-state index is 12.9. The topological polar surface area (TPSA) is 44.8 Å². The van der Waals surface area contributed by atoms with Crippen LogP contribution in [0.15, 0.2) is 54.6 Å². The summed E-state index contributed by atoms with van der Waals surface area (Å²) in [6.45, 7) is 11.3. The Hall–Kier alpha value is -2.21. The van der Waals surface area contributed by atoms with Gasteiger partial charge >= 0.3 is 0 Å². The highest BCUT2D eigenvalue weighted by Crippen LogP contribution is 2.12. The summed E-state index contributed by atoms with van der Waals surface area (Å²) in [7, 11) is 0. The highest BCUT2D eigenvalue weighted by atomic mass is 16.5. The Morgan fingerprint density at radius 2 is 1.73 bits per heavy atom. The number of nitrogens with one attached hydrogen (secondary N) is 1. The molecule has 0 radical (unpaired) electrons. The molecule has 1 atom stereocenters. The van der Waals surface area contributed by atoms with Crippen LogP contribution in [0, 0.1) is 0 Å². The van der Waals surface area contributed by atoms with E-state index < -0.39 is 0 Å². The van der Waals surface area contributed by atoms with E-state index in [1.54, 1.807) is 0 Å². The third kappa shape index (κ3) is 6.66. The van der Waals surface area contributed by atoms with Crippen LogP contribution in [0.4, 0.5) is 0 Å². The number of carbonyl (C=O) groups is 1. The second kappa shape index (κ2) is 11.8. The average molecular weight is 410 g/mol. The molecule has 1 saturated heterocycles. The standard InChI is InChI=1S/C25H35N3O2/c1-3-28(4-2)24(18-21-9-6-5-7-10-21)19-26-25(29)23-12-8-11-22(17-23)20-27-13-15-30-16-14-27/h5-12,17,24H,3-4,13-16,18-20H2,1-2H3,(H,26,29). The summed E-state index contributed by atoms with van der Waals surface area (Å²) in [6, 6.07) is 18.8. The molecule has 1 aliphatic rings. The van der Waals surface area contributed by atoms with Crippen molar-refractivity contribution >= 4 is 5.91 Å². The Morgan fingerprint density at radius 3 is 2.43 bits per heavy atom. The largest absolute Gasteiger partial charge is 0.379 e. The number of likely N-dealkylation sites (N-methyl/N-ethyl adjacent to an activating group) is 1. The van der Waals surface area contributed by atoms with Gasteiger partial charge in [-0.25, -0.2) is 0 Å². The molecule has 0 aliphatic carbocycles. The maximum absolute atomic E-state index is 12.9. The van der Waals surface area contributed by atoms with Gasteiger partial charge in [-0.2, -0.15) is 0 Å². The minimum Gasteiger partial charge on any atom is -0.379 e. The van der Waals surface area contributed by atoms with E-state index in [0.717, 1.165) is 57.9 Å². The van der Waals surface area contributed by atoms with E-state index in [1.165, 1.54) is 11.1 Å². The minimum absolute atomic E-state index is 0.00375. The molecule has 1 N–H and O–H groups in total. The summed E-state index contributed by atoms with van der Waals surface area (Å²) in [4.78, 5) is 17.7. The molecule has 1 unspecified atom stereocenters. The number of rotatable bonds is 10. The van der Waals surface area contributed by atoms with Crippen LogP contribution in [0.3, 0.4) is 0 Å². The predicted molar refractivity (Wildman–Crippen MR) is 122 cm³/mol. The SMILES string of the molecule is CCN(CC)C(CNC(=O)c1cccc(CN2CCOCC2)c1)Cc1ccccc1. The van der Waals surface area contributed by atoms with Gasteiger partial charge in [-0.1, -0.05) is 56.3 Å². The molecule has 2 aromatic carbocycles. The lowest BCUT2D eigenvalue weighted by molar-refractivity contribution is 0.0342. The number of ether oxygens (including phenoxy) is 1. The normalized spacial score (nSPS) is 15.8. The predicted octanol–water partition coefficient (Wildman–Crippen LogP) is 3.20. The van der Waals surface area contributed by atoms with Gasteiger partial charge < -0.3 is 10.1 Å². The summed E-state index contributed by atoms with van der Waals surface area (Å²) >= 11 is 0. The van der Waals surface area contributed by atoms with E-state index >= 15 is 0 Å². The van der Waals surface area contributed by atoms with Crippen LogP contribution in [0.5, 0.6) is 0 Å². The maximum Gasteiger partial charge on any atom is 0.251 e. The average Bonchev–Trinajstić information content (AvgIpc) is 2.79. The van der Waals surface area contributed by atoms with Crippen LogP contribution >= 0.6 is 0 Å². The summed E-state index contributed by atoms with van der Waals surface area (Å²) in [5.74, 6) is 0.00375. The fraction of sp³-hybridized carbons (Fsp3) is 0.480. The van der Waals surface area contributed by atoms with E-state index in [0.29, 0.717) is 6.54 Å². The molecular weight excluding hydrogens is 374 g/mol. The summed E-state index contributed by atoms with van der Waals surface area (Å²) in [5, 5.41) is 3.19. The van der Waals surface area contributed by atoms with Crippen LogP contribution in [-0.4, -0.2) is 67.7 Å². The van der Waals surface area contributed by atoms with Crippen molar-refractivity contribution in [2.24, 2.45) is 0 Å². The Bertz CT molecular complexity index is 771. The molecule has 162 valence electrons. The zero-order valence-corrected chi connectivity index (χ0v) is 18.3. The first kappa shape index (κ1) is 22.5.